The highest BCUT2D eigenvalue weighted by molar-refractivity contribution is 5.68. The van der Waals surface area contributed by atoms with Gasteiger partial charge in [0.2, 0.25) is 0 Å². The van der Waals surface area contributed by atoms with E-state index in [1.807, 2.05) is 127 Å². The Labute approximate surface area is 419 Å². The van der Waals surface area contributed by atoms with E-state index in [9.17, 15) is 9.59 Å². The zero-order valence-electron chi connectivity index (χ0n) is 41.3. The maximum atomic E-state index is 10.8. The smallest absolute Gasteiger partial charge is 0.341 e. The number of carbonyl (C=O) groups is 3. The highest BCUT2D eigenvalue weighted by Gasteiger charge is 2.07. The van der Waals surface area contributed by atoms with Crippen molar-refractivity contribution in [1.82, 2.24) is 0 Å². The fourth-order valence-corrected chi connectivity index (χ4v) is 5.61. The molecule has 382 valence electrons. The summed E-state index contributed by atoms with van der Waals surface area (Å²) in [4.78, 5) is 30.3. The molecular weight excluding hydrogens is 905 g/mol. The molecule has 13 nitrogen and oxygen atoms in total. The van der Waals surface area contributed by atoms with E-state index >= 15 is 0 Å². The molecule has 0 aromatic heterocycles. The Balaban J connectivity index is 0.000000556. The van der Waals surface area contributed by atoms with Gasteiger partial charge in [-0.05, 0) is 82.8 Å². The Kier molecular flexibility index (Phi) is 35.5. The predicted octanol–water partition coefficient (Wildman–Crippen LogP) is 11.7. The highest BCUT2D eigenvalue weighted by atomic mass is 16.5. The van der Waals surface area contributed by atoms with Crippen LogP contribution in [-0.2, 0) is 59.8 Å². The first-order chi connectivity index (χ1) is 34.3. The quantitative estimate of drug-likeness (QED) is 0.0347. The van der Waals surface area contributed by atoms with Gasteiger partial charge >= 0.3 is 11.9 Å². The van der Waals surface area contributed by atoms with Gasteiger partial charge in [0.15, 0.2) is 6.61 Å². The summed E-state index contributed by atoms with van der Waals surface area (Å²) in [5.41, 5.74) is 8.57. The lowest BCUT2D eigenvalue weighted by Crippen LogP contribution is -2.10. The zero-order chi connectivity index (χ0) is 52.3. The van der Waals surface area contributed by atoms with Gasteiger partial charge in [0.25, 0.3) is 5.97 Å². The van der Waals surface area contributed by atoms with Crippen LogP contribution >= 0.6 is 0 Å². The molecule has 5 aromatic rings. The van der Waals surface area contributed by atoms with Gasteiger partial charge in [-0.1, -0.05) is 154 Å². The maximum absolute atomic E-state index is 10.8. The molecule has 0 unspecified atom stereocenters. The van der Waals surface area contributed by atoms with Crippen molar-refractivity contribution in [3.63, 3.8) is 0 Å². The lowest BCUT2D eigenvalue weighted by atomic mass is 10.1. The molecular formula is C58H72O13. The number of hydrogen-bond acceptors (Lipinski definition) is 10. The van der Waals surface area contributed by atoms with E-state index in [4.69, 9.17) is 53.6 Å². The largest absolute Gasteiger partial charge is 0.493 e. The first-order valence-electron chi connectivity index (χ1n) is 23.1. The number of benzene rings is 5. The molecule has 4 N–H and O–H groups in total. The van der Waals surface area contributed by atoms with E-state index in [2.05, 4.69) is 26.3 Å². The second kappa shape index (κ2) is 40.7. The molecule has 13 heteroatoms. The van der Waals surface area contributed by atoms with Gasteiger partial charge in [-0.15, -0.1) is 0 Å². The average molecular weight is 977 g/mol. The third-order valence-electron chi connectivity index (χ3n) is 9.11. The Morgan fingerprint density at radius 3 is 1.24 bits per heavy atom. The fraction of sp³-hybridized carbons (Fsp3) is 0.293. The molecule has 0 fully saturated rings. The fourth-order valence-electron chi connectivity index (χ4n) is 5.61. The standard InChI is InChI=1S/C24H28O7.C22H26O3.C8H8.C2H4O2.C2H6O/c1-2-18-7-9-19(10-8-18)15-29-16-20-12-21(14-22(13-20)31-17-24(27)28)30-11-5-3-4-6-23(25)26;1-3-19-5-9-21(10-6-19)17-24-15-13-23-14-16-25-18-22-11-7-20(4-2)8-12-22;1-2-8-6-4-3-5-7-8;1-2(3)4;1-2-3/h2,7-10,12-14H,1,3-6,11,15-17H2,(H,25,26)(H,27,28);3-12H,1-2,13-18H2;2-7H,1H2;1H3,(H,3,4);3H,2H2,1H3. The van der Waals surface area contributed by atoms with E-state index in [1.54, 1.807) is 25.1 Å². The molecule has 71 heavy (non-hydrogen) atoms. The lowest BCUT2D eigenvalue weighted by Gasteiger charge is -2.12. The number of aliphatic hydroxyl groups excluding tert-OH is 1. The van der Waals surface area contributed by atoms with Crippen molar-refractivity contribution in [3.05, 3.63) is 192 Å². The number of unbranched alkanes of at least 4 members (excludes halogenated alkanes) is 2. The minimum absolute atomic E-state index is 0.149. The molecule has 0 spiro atoms. The molecule has 0 saturated carbocycles. The van der Waals surface area contributed by atoms with Gasteiger partial charge in [-0.25, -0.2) is 4.79 Å². The topological polar surface area (TPSA) is 188 Å². The number of rotatable bonds is 28. The van der Waals surface area contributed by atoms with Crippen LogP contribution in [0, 0.1) is 0 Å². The molecule has 0 aliphatic rings. The number of aliphatic hydroxyl groups is 1. The van der Waals surface area contributed by atoms with Gasteiger partial charge in [0, 0.05) is 26.0 Å². The molecule has 5 rings (SSSR count). The third-order valence-corrected chi connectivity index (χ3v) is 9.11. The Morgan fingerprint density at radius 2 is 0.845 bits per heavy atom. The molecule has 0 bridgehead atoms. The molecule has 0 heterocycles. The SMILES string of the molecule is C=Cc1ccc(COCCOCCOCc2ccc(C=C)cc2)cc1.C=Cc1ccc(COCc2cc(OCCCCCC(=O)O)cc(OCC(=O)O)c2)cc1.C=Cc1ccccc1.CC(=O)O.CCO. The summed E-state index contributed by atoms with van der Waals surface area (Å²) >= 11 is 0. The third kappa shape index (κ3) is 33.9. The molecule has 0 aliphatic heterocycles. The summed E-state index contributed by atoms with van der Waals surface area (Å²) in [5.74, 6) is -1.76. The van der Waals surface area contributed by atoms with Crippen LogP contribution in [0.2, 0.25) is 0 Å². The van der Waals surface area contributed by atoms with Crippen molar-refractivity contribution < 1.29 is 63.2 Å². The zero-order valence-corrected chi connectivity index (χ0v) is 41.3. The lowest BCUT2D eigenvalue weighted by molar-refractivity contribution is -0.139. The van der Waals surface area contributed by atoms with Crippen LogP contribution in [0.25, 0.3) is 24.3 Å². The van der Waals surface area contributed by atoms with Gasteiger partial charge in [-0.3, -0.25) is 9.59 Å². The van der Waals surface area contributed by atoms with Crippen molar-refractivity contribution in [2.75, 3.05) is 46.2 Å². The average Bonchev–Trinajstić information content (AvgIpc) is 3.37. The van der Waals surface area contributed by atoms with E-state index in [0.717, 1.165) is 58.7 Å². The van der Waals surface area contributed by atoms with Crippen LogP contribution in [0.15, 0.2) is 148 Å². The first-order valence-corrected chi connectivity index (χ1v) is 23.1. The predicted molar refractivity (Wildman–Crippen MR) is 282 cm³/mol. The molecule has 0 aliphatic carbocycles. The van der Waals surface area contributed by atoms with Crippen molar-refractivity contribution >= 4 is 42.2 Å². The van der Waals surface area contributed by atoms with Gasteiger partial charge in [-0.2, -0.15) is 0 Å². The second-order valence-corrected chi connectivity index (χ2v) is 15.0. The molecule has 0 radical (unpaired) electrons. The van der Waals surface area contributed by atoms with Crippen LogP contribution in [0.5, 0.6) is 11.5 Å². The van der Waals surface area contributed by atoms with Crippen molar-refractivity contribution in [2.24, 2.45) is 0 Å². The van der Waals surface area contributed by atoms with E-state index in [1.165, 1.54) is 5.56 Å². The highest BCUT2D eigenvalue weighted by Crippen LogP contribution is 2.25. The minimum Gasteiger partial charge on any atom is -0.493 e. The number of carboxylic acid groups (broad SMARTS) is 3. The summed E-state index contributed by atoms with van der Waals surface area (Å²) < 4.78 is 33.5. The van der Waals surface area contributed by atoms with Crippen molar-refractivity contribution in [3.8, 4) is 11.5 Å². The maximum Gasteiger partial charge on any atom is 0.341 e. The number of carboxylic acids is 3. The molecule has 0 amide bonds. The molecule has 5 aromatic carbocycles. The number of aliphatic carboxylic acids is 3. The minimum atomic E-state index is -1.06. The normalized spacial score (nSPS) is 9.85. The summed E-state index contributed by atoms with van der Waals surface area (Å²) in [6.45, 7) is 22.1. The summed E-state index contributed by atoms with van der Waals surface area (Å²) in [6.07, 6.45) is 9.50. The van der Waals surface area contributed by atoms with Crippen LogP contribution in [0.3, 0.4) is 0 Å². The van der Waals surface area contributed by atoms with Crippen molar-refractivity contribution in [2.45, 2.75) is 66.0 Å². The van der Waals surface area contributed by atoms with Gasteiger partial charge in [0.1, 0.15) is 11.5 Å². The van der Waals surface area contributed by atoms with E-state index in [-0.39, 0.29) is 13.0 Å². The van der Waals surface area contributed by atoms with E-state index < -0.39 is 24.5 Å². The summed E-state index contributed by atoms with van der Waals surface area (Å²) in [6, 6.07) is 39.4. The molecule has 0 atom stereocenters. The van der Waals surface area contributed by atoms with Crippen LogP contribution in [-0.4, -0.2) is 84.6 Å². The van der Waals surface area contributed by atoms with Crippen LogP contribution < -0.4 is 9.47 Å². The monoisotopic (exact) mass is 976 g/mol. The van der Waals surface area contributed by atoms with Gasteiger partial charge < -0.3 is 48.8 Å². The first kappa shape index (κ1) is 61.9. The van der Waals surface area contributed by atoms with Gasteiger partial charge in [0.05, 0.1) is 59.5 Å². The summed E-state index contributed by atoms with van der Waals surface area (Å²) in [7, 11) is 0. The Hall–Kier alpha value is -7.13. The Morgan fingerprint density at radius 1 is 0.465 bits per heavy atom. The number of ether oxygens (including phenoxy) is 6. The van der Waals surface area contributed by atoms with Crippen molar-refractivity contribution in [1.29, 1.82) is 0 Å². The Bertz CT molecular complexity index is 2160. The van der Waals surface area contributed by atoms with Crippen LogP contribution in [0.1, 0.15) is 84.0 Å². The van der Waals surface area contributed by atoms with Crippen LogP contribution in [0.4, 0.5) is 0 Å². The van der Waals surface area contributed by atoms with E-state index in [0.29, 0.717) is 77.4 Å². The summed E-state index contributed by atoms with van der Waals surface area (Å²) in [5, 5.41) is 32.5. The second-order valence-electron chi connectivity index (χ2n) is 15.0. The number of hydrogen-bond donors (Lipinski definition) is 4. The molecule has 0 saturated heterocycles.